The number of allylic oxidation sites excluding steroid dienone is 3. The molecule has 0 fully saturated rings. The lowest BCUT2D eigenvalue weighted by atomic mass is 10.1. The Morgan fingerprint density at radius 3 is 1.90 bits per heavy atom. The summed E-state index contributed by atoms with van der Waals surface area (Å²) in [4.78, 5) is 11.6. The molecule has 0 aromatic rings. The van der Waals surface area contributed by atoms with Crippen molar-refractivity contribution in [3.63, 3.8) is 0 Å². The van der Waals surface area contributed by atoms with E-state index in [1.165, 1.54) is 5.20 Å². The fourth-order valence-electron chi connectivity index (χ4n) is 5.22. The largest absolute Gasteiger partial charge is 0.259 e. The molecule has 2 unspecified atom stereocenters. The zero-order chi connectivity index (χ0) is 15.2. The van der Waals surface area contributed by atoms with Gasteiger partial charge in [0.05, 0.1) is 18.9 Å². The van der Waals surface area contributed by atoms with Gasteiger partial charge in [0.15, 0.2) is 0 Å². The van der Waals surface area contributed by atoms with E-state index in [-0.39, 0.29) is 10.8 Å². The van der Waals surface area contributed by atoms with Gasteiger partial charge >= 0.3 is 0 Å². The van der Waals surface area contributed by atoms with Crippen LogP contribution in [0.2, 0.25) is 16.6 Å². The monoisotopic (exact) mass is 293 g/mol. The number of rotatable bonds is 5. The topological polar surface area (TPSA) is 43.1 Å². The lowest BCUT2D eigenvalue weighted by Gasteiger charge is -2.45. The Balaban J connectivity index is 2.67. The molecule has 2 rings (SSSR count). The lowest BCUT2D eigenvalue weighted by Crippen LogP contribution is -2.49. The second-order valence-corrected chi connectivity index (χ2v) is 13.2. The van der Waals surface area contributed by atoms with Crippen molar-refractivity contribution in [2.24, 2.45) is 11.8 Å². The Morgan fingerprint density at radius 2 is 1.50 bits per heavy atom. The summed E-state index contributed by atoms with van der Waals surface area (Å²) in [5.41, 5.74) is 2.20. The van der Waals surface area contributed by atoms with Crippen LogP contribution < -0.4 is 0 Å². The summed E-state index contributed by atoms with van der Waals surface area (Å²) in [5.74, 6) is 0.424. The summed E-state index contributed by atoms with van der Waals surface area (Å²) in [6.45, 7) is 13.7. The number of fused-ring (bicyclic) bond motifs is 2. The highest BCUT2D eigenvalue weighted by Crippen LogP contribution is 2.56. The van der Waals surface area contributed by atoms with E-state index in [4.69, 9.17) is 0 Å². The third-order valence-corrected chi connectivity index (χ3v) is 12.9. The first-order valence-corrected chi connectivity index (χ1v) is 10.0. The number of hydrogen-bond acceptors (Lipinski definition) is 2. The van der Waals surface area contributed by atoms with Crippen molar-refractivity contribution in [1.82, 2.24) is 0 Å². The van der Waals surface area contributed by atoms with Gasteiger partial charge in [0.1, 0.15) is 0 Å². The van der Waals surface area contributed by atoms with Crippen molar-refractivity contribution in [1.29, 1.82) is 0 Å². The molecule has 20 heavy (non-hydrogen) atoms. The standard InChI is InChI=1S/C16H27NO2Si/c1-10(2)20(11(3)4,12(5)6)16-14-8-7-13(9-14)15(16)17(18)19/h7-8,10-14H,9H2,1-6H3. The second-order valence-electron chi connectivity index (χ2n) is 7.29. The maximum atomic E-state index is 11.7. The Kier molecular flexibility index (Phi) is 3.98. The van der Waals surface area contributed by atoms with Crippen molar-refractivity contribution < 1.29 is 4.92 Å². The van der Waals surface area contributed by atoms with Crippen LogP contribution in [0.25, 0.3) is 0 Å². The van der Waals surface area contributed by atoms with Gasteiger partial charge in [-0.05, 0) is 28.2 Å². The minimum Gasteiger partial charge on any atom is -0.259 e. The van der Waals surface area contributed by atoms with Gasteiger partial charge in [-0.2, -0.15) is 0 Å². The fourth-order valence-corrected chi connectivity index (χ4v) is 12.7. The fraction of sp³-hybridized carbons (Fsp3) is 0.750. The zero-order valence-corrected chi connectivity index (χ0v) is 14.5. The van der Waals surface area contributed by atoms with Crippen LogP contribution in [0, 0.1) is 22.0 Å². The average molecular weight is 293 g/mol. The molecule has 2 aliphatic carbocycles. The van der Waals surface area contributed by atoms with Crippen LogP contribution in [0.3, 0.4) is 0 Å². The van der Waals surface area contributed by atoms with Gasteiger partial charge in [0, 0.05) is 5.92 Å². The van der Waals surface area contributed by atoms with Crippen LogP contribution in [0.15, 0.2) is 23.0 Å². The second kappa shape index (κ2) is 5.13. The summed E-state index contributed by atoms with van der Waals surface area (Å²) < 4.78 is 0. The van der Waals surface area contributed by atoms with Gasteiger partial charge in [-0.15, -0.1) is 0 Å². The van der Waals surface area contributed by atoms with E-state index < -0.39 is 8.07 Å². The first-order valence-electron chi connectivity index (χ1n) is 7.81. The third-order valence-electron chi connectivity index (χ3n) is 5.61. The molecule has 2 aliphatic rings. The van der Waals surface area contributed by atoms with E-state index in [1.807, 2.05) is 0 Å². The highest BCUT2D eigenvalue weighted by atomic mass is 28.3. The van der Waals surface area contributed by atoms with E-state index in [2.05, 4.69) is 53.7 Å². The Morgan fingerprint density at radius 1 is 1.05 bits per heavy atom. The third kappa shape index (κ3) is 1.91. The van der Waals surface area contributed by atoms with E-state index in [9.17, 15) is 10.1 Å². The summed E-state index contributed by atoms with van der Waals surface area (Å²) in [7, 11) is -1.89. The summed E-state index contributed by atoms with van der Waals surface area (Å²) in [6, 6.07) is 0. The zero-order valence-electron chi connectivity index (χ0n) is 13.5. The molecule has 0 amide bonds. The molecular formula is C16H27NO2Si. The lowest BCUT2D eigenvalue weighted by molar-refractivity contribution is -0.431. The van der Waals surface area contributed by atoms with Crippen LogP contribution in [-0.4, -0.2) is 13.0 Å². The molecule has 0 spiro atoms. The normalized spacial score (nSPS) is 25.6. The van der Waals surface area contributed by atoms with E-state index in [1.54, 1.807) is 0 Å². The van der Waals surface area contributed by atoms with Crippen molar-refractivity contribution in [3.05, 3.63) is 33.2 Å². The number of nitrogens with zero attached hydrogens (tertiary/aromatic N) is 1. The van der Waals surface area contributed by atoms with Crippen molar-refractivity contribution in [3.8, 4) is 0 Å². The van der Waals surface area contributed by atoms with E-state index >= 15 is 0 Å². The van der Waals surface area contributed by atoms with Gasteiger partial charge in [0.2, 0.25) is 5.70 Å². The Labute approximate surface area is 123 Å². The van der Waals surface area contributed by atoms with Gasteiger partial charge in [-0.3, -0.25) is 10.1 Å². The van der Waals surface area contributed by atoms with Gasteiger partial charge in [-0.25, -0.2) is 0 Å². The molecule has 2 bridgehead atoms. The van der Waals surface area contributed by atoms with Crippen LogP contribution >= 0.6 is 0 Å². The molecule has 0 radical (unpaired) electrons. The molecule has 2 atom stereocenters. The molecule has 0 saturated heterocycles. The Hall–Kier alpha value is -0.903. The minimum absolute atomic E-state index is 0.0710. The molecule has 3 nitrogen and oxygen atoms in total. The first-order chi connectivity index (χ1) is 9.24. The summed E-state index contributed by atoms with van der Waals surface area (Å²) >= 11 is 0. The van der Waals surface area contributed by atoms with Crippen molar-refractivity contribution in [2.45, 2.75) is 64.6 Å². The summed E-state index contributed by atoms with van der Waals surface area (Å²) in [5, 5.41) is 12.9. The van der Waals surface area contributed by atoms with E-state index in [0.29, 0.717) is 28.2 Å². The molecule has 112 valence electrons. The van der Waals surface area contributed by atoms with Crippen molar-refractivity contribution >= 4 is 8.07 Å². The molecule has 4 heteroatoms. The highest BCUT2D eigenvalue weighted by molar-refractivity contribution is 6.90. The molecule has 0 saturated carbocycles. The molecule has 0 aromatic carbocycles. The van der Waals surface area contributed by atoms with Crippen LogP contribution in [0.4, 0.5) is 0 Å². The smallest absolute Gasteiger partial charge is 0.249 e. The van der Waals surface area contributed by atoms with Gasteiger partial charge in [0.25, 0.3) is 0 Å². The van der Waals surface area contributed by atoms with Crippen LogP contribution in [0.1, 0.15) is 48.0 Å². The van der Waals surface area contributed by atoms with Crippen LogP contribution in [-0.2, 0) is 0 Å². The van der Waals surface area contributed by atoms with E-state index in [0.717, 1.165) is 6.42 Å². The maximum absolute atomic E-state index is 11.7. The van der Waals surface area contributed by atoms with Crippen LogP contribution in [0.5, 0.6) is 0 Å². The Bertz CT molecular complexity index is 455. The number of hydrogen-bond donors (Lipinski definition) is 0. The maximum Gasteiger partial charge on any atom is 0.249 e. The highest BCUT2D eigenvalue weighted by Gasteiger charge is 2.56. The molecule has 0 aliphatic heterocycles. The summed E-state index contributed by atoms with van der Waals surface area (Å²) in [6.07, 6.45) is 5.25. The molecule has 0 heterocycles. The average Bonchev–Trinajstić information content (AvgIpc) is 2.88. The van der Waals surface area contributed by atoms with Gasteiger partial charge < -0.3 is 0 Å². The SMILES string of the molecule is CC(C)[Si](C1=C([N+](=O)[O-])C2C=CC1C2)(C(C)C)C(C)C. The predicted molar refractivity (Wildman–Crippen MR) is 85.8 cm³/mol. The molecule has 0 aromatic heterocycles. The molecular weight excluding hydrogens is 266 g/mol. The molecule has 0 N–H and O–H groups in total. The first kappa shape index (κ1) is 15.5. The number of nitro groups is 1. The predicted octanol–water partition coefficient (Wildman–Crippen LogP) is 4.94. The van der Waals surface area contributed by atoms with Gasteiger partial charge in [-0.1, -0.05) is 53.7 Å². The van der Waals surface area contributed by atoms with Crippen molar-refractivity contribution in [2.75, 3.05) is 0 Å². The minimum atomic E-state index is -1.89. The quantitative estimate of drug-likeness (QED) is 0.312.